The molecule has 0 radical (unpaired) electrons. The maximum absolute atomic E-state index is 12.2. The van der Waals surface area contributed by atoms with Gasteiger partial charge >= 0.3 is 0 Å². The van der Waals surface area contributed by atoms with E-state index in [9.17, 15) is 4.79 Å². The first-order valence-electron chi connectivity index (χ1n) is 7.54. The summed E-state index contributed by atoms with van der Waals surface area (Å²) < 4.78 is 10.7. The summed E-state index contributed by atoms with van der Waals surface area (Å²) in [6.07, 6.45) is 1.74. The SMILES string of the molecule is COc1ccccc1CC(C)N(C)CC(=O)C1CCOC1. The fraction of sp³-hybridized carbons (Fsp3) is 0.588. The summed E-state index contributed by atoms with van der Waals surface area (Å²) >= 11 is 0. The second-order valence-corrected chi connectivity index (χ2v) is 5.81. The Kier molecular flexibility index (Phi) is 5.76. The van der Waals surface area contributed by atoms with E-state index in [1.165, 1.54) is 5.56 Å². The summed E-state index contributed by atoms with van der Waals surface area (Å²) in [6.45, 7) is 3.94. The highest BCUT2D eigenvalue weighted by Gasteiger charge is 2.25. The Balaban J connectivity index is 1.89. The van der Waals surface area contributed by atoms with E-state index in [0.29, 0.717) is 18.9 Å². The molecule has 21 heavy (non-hydrogen) atoms. The minimum atomic E-state index is 0.0888. The average molecular weight is 291 g/mol. The second-order valence-electron chi connectivity index (χ2n) is 5.81. The topological polar surface area (TPSA) is 38.8 Å². The molecule has 0 N–H and O–H groups in total. The number of hydrogen-bond donors (Lipinski definition) is 0. The van der Waals surface area contributed by atoms with Crippen molar-refractivity contribution < 1.29 is 14.3 Å². The van der Waals surface area contributed by atoms with Crippen molar-refractivity contribution in [1.29, 1.82) is 0 Å². The zero-order valence-corrected chi connectivity index (χ0v) is 13.2. The number of hydrogen-bond acceptors (Lipinski definition) is 4. The molecular formula is C17H25NO3. The number of ether oxygens (including phenoxy) is 2. The summed E-state index contributed by atoms with van der Waals surface area (Å²) in [5, 5.41) is 0. The minimum absolute atomic E-state index is 0.0888. The molecule has 2 rings (SSSR count). The molecule has 1 aromatic carbocycles. The van der Waals surface area contributed by atoms with Crippen molar-refractivity contribution in [3.8, 4) is 5.75 Å². The average Bonchev–Trinajstić information content (AvgIpc) is 3.02. The van der Waals surface area contributed by atoms with E-state index in [0.717, 1.165) is 25.2 Å². The van der Waals surface area contributed by atoms with E-state index < -0.39 is 0 Å². The number of benzene rings is 1. The van der Waals surface area contributed by atoms with Gasteiger partial charge in [0.25, 0.3) is 0 Å². The molecule has 116 valence electrons. The molecule has 1 aliphatic rings. The van der Waals surface area contributed by atoms with Crippen molar-refractivity contribution in [2.75, 3.05) is 33.9 Å². The molecule has 1 saturated heterocycles. The van der Waals surface area contributed by atoms with Gasteiger partial charge in [-0.3, -0.25) is 9.69 Å². The van der Waals surface area contributed by atoms with Crippen LogP contribution >= 0.6 is 0 Å². The van der Waals surface area contributed by atoms with Crippen LogP contribution in [0.25, 0.3) is 0 Å². The molecule has 0 aromatic heterocycles. The fourth-order valence-electron chi connectivity index (χ4n) is 2.66. The van der Waals surface area contributed by atoms with E-state index in [1.807, 2.05) is 25.2 Å². The van der Waals surface area contributed by atoms with Crippen LogP contribution < -0.4 is 4.74 Å². The molecule has 1 heterocycles. The van der Waals surface area contributed by atoms with Crippen molar-refractivity contribution in [2.24, 2.45) is 5.92 Å². The minimum Gasteiger partial charge on any atom is -0.496 e. The molecule has 1 aromatic rings. The maximum Gasteiger partial charge on any atom is 0.152 e. The molecule has 2 atom stereocenters. The molecule has 1 fully saturated rings. The normalized spacial score (nSPS) is 19.7. The molecule has 2 unspecified atom stereocenters. The van der Waals surface area contributed by atoms with Crippen molar-refractivity contribution >= 4 is 5.78 Å². The van der Waals surface area contributed by atoms with Crippen LogP contribution in [0.2, 0.25) is 0 Å². The Morgan fingerprint density at radius 2 is 2.24 bits per heavy atom. The van der Waals surface area contributed by atoms with E-state index >= 15 is 0 Å². The first-order chi connectivity index (χ1) is 10.1. The van der Waals surface area contributed by atoms with Gasteiger partial charge in [0, 0.05) is 18.6 Å². The summed E-state index contributed by atoms with van der Waals surface area (Å²) in [5.74, 6) is 1.29. The van der Waals surface area contributed by atoms with Gasteiger partial charge in [-0.1, -0.05) is 18.2 Å². The zero-order chi connectivity index (χ0) is 15.2. The lowest BCUT2D eigenvalue weighted by Gasteiger charge is -2.25. The van der Waals surface area contributed by atoms with Crippen LogP contribution in [-0.2, 0) is 16.0 Å². The van der Waals surface area contributed by atoms with Crippen LogP contribution in [-0.4, -0.2) is 50.6 Å². The van der Waals surface area contributed by atoms with Gasteiger partial charge < -0.3 is 9.47 Å². The van der Waals surface area contributed by atoms with Gasteiger partial charge in [0.15, 0.2) is 5.78 Å². The largest absolute Gasteiger partial charge is 0.496 e. The molecule has 1 aliphatic heterocycles. The summed E-state index contributed by atoms with van der Waals surface area (Å²) in [6, 6.07) is 8.33. The lowest BCUT2D eigenvalue weighted by Crippen LogP contribution is -2.37. The van der Waals surface area contributed by atoms with Crippen molar-refractivity contribution in [3.05, 3.63) is 29.8 Å². The molecular weight excluding hydrogens is 266 g/mol. The van der Waals surface area contributed by atoms with Crippen LogP contribution in [0.4, 0.5) is 0 Å². The Hall–Kier alpha value is -1.39. The quantitative estimate of drug-likeness (QED) is 0.772. The van der Waals surface area contributed by atoms with Crippen LogP contribution in [0.5, 0.6) is 5.75 Å². The Labute approximate surface area is 127 Å². The molecule has 0 saturated carbocycles. The number of rotatable bonds is 7. The highest BCUT2D eigenvalue weighted by molar-refractivity contribution is 5.83. The van der Waals surface area contributed by atoms with E-state index in [2.05, 4.69) is 17.9 Å². The van der Waals surface area contributed by atoms with Crippen molar-refractivity contribution in [1.82, 2.24) is 4.90 Å². The molecule has 0 amide bonds. The number of carbonyl (C=O) groups excluding carboxylic acids is 1. The predicted molar refractivity (Wildman–Crippen MR) is 82.7 cm³/mol. The van der Waals surface area contributed by atoms with E-state index in [-0.39, 0.29) is 12.0 Å². The first-order valence-corrected chi connectivity index (χ1v) is 7.54. The third kappa shape index (κ3) is 4.29. The molecule has 0 aliphatic carbocycles. The maximum atomic E-state index is 12.2. The van der Waals surface area contributed by atoms with Crippen LogP contribution in [0.1, 0.15) is 18.9 Å². The Morgan fingerprint density at radius 1 is 1.48 bits per heavy atom. The standard InChI is InChI=1S/C17H25NO3/c1-13(10-14-6-4-5-7-17(14)20-3)18(2)11-16(19)15-8-9-21-12-15/h4-7,13,15H,8-12H2,1-3H3. The van der Waals surface area contributed by atoms with Gasteiger partial charge in [-0.05, 0) is 38.4 Å². The third-order valence-electron chi connectivity index (χ3n) is 4.25. The van der Waals surface area contributed by atoms with Crippen LogP contribution in [0, 0.1) is 5.92 Å². The number of carbonyl (C=O) groups is 1. The van der Waals surface area contributed by atoms with E-state index in [1.54, 1.807) is 7.11 Å². The summed E-state index contributed by atoms with van der Waals surface area (Å²) in [4.78, 5) is 14.3. The van der Waals surface area contributed by atoms with Gasteiger partial charge in [-0.2, -0.15) is 0 Å². The number of nitrogens with zero attached hydrogens (tertiary/aromatic N) is 1. The van der Waals surface area contributed by atoms with Crippen molar-refractivity contribution in [2.45, 2.75) is 25.8 Å². The smallest absolute Gasteiger partial charge is 0.152 e. The van der Waals surface area contributed by atoms with Crippen LogP contribution in [0.15, 0.2) is 24.3 Å². The fourth-order valence-corrected chi connectivity index (χ4v) is 2.66. The lowest BCUT2D eigenvalue weighted by atomic mass is 10.0. The first kappa shape index (κ1) is 16.0. The lowest BCUT2D eigenvalue weighted by molar-refractivity contribution is -0.124. The monoisotopic (exact) mass is 291 g/mol. The van der Waals surface area contributed by atoms with Crippen LogP contribution in [0.3, 0.4) is 0 Å². The molecule has 4 heteroatoms. The van der Waals surface area contributed by atoms with Gasteiger partial charge in [-0.15, -0.1) is 0 Å². The highest BCUT2D eigenvalue weighted by Crippen LogP contribution is 2.20. The summed E-state index contributed by atoms with van der Waals surface area (Å²) in [5.41, 5.74) is 1.18. The number of likely N-dealkylation sites (N-methyl/N-ethyl adjacent to an activating group) is 1. The Morgan fingerprint density at radius 3 is 2.90 bits per heavy atom. The van der Waals surface area contributed by atoms with Gasteiger partial charge in [0.1, 0.15) is 5.75 Å². The van der Waals surface area contributed by atoms with Crippen molar-refractivity contribution in [3.63, 3.8) is 0 Å². The number of methoxy groups -OCH3 is 1. The molecule has 4 nitrogen and oxygen atoms in total. The summed E-state index contributed by atoms with van der Waals surface area (Å²) in [7, 11) is 3.70. The number of para-hydroxylation sites is 1. The highest BCUT2D eigenvalue weighted by atomic mass is 16.5. The molecule has 0 bridgehead atoms. The second kappa shape index (κ2) is 7.57. The number of ketones is 1. The van der Waals surface area contributed by atoms with Gasteiger partial charge in [-0.25, -0.2) is 0 Å². The third-order valence-corrected chi connectivity index (χ3v) is 4.25. The Bertz CT molecular complexity index is 469. The molecule has 0 spiro atoms. The zero-order valence-electron chi connectivity index (χ0n) is 13.2. The van der Waals surface area contributed by atoms with Gasteiger partial charge in [0.2, 0.25) is 0 Å². The van der Waals surface area contributed by atoms with Gasteiger partial charge in [0.05, 0.1) is 20.3 Å². The van der Waals surface area contributed by atoms with E-state index in [4.69, 9.17) is 9.47 Å². The number of Topliss-reactive ketones (excluding diaryl/α,β-unsaturated/α-hetero) is 1. The predicted octanol–water partition coefficient (Wildman–Crippen LogP) is 2.16.